The molecule has 1 aromatic heterocycles. The Hall–Kier alpha value is -0.970. The Labute approximate surface area is 83.2 Å². The lowest BCUT2D eigenvalue weighted by Gasteiger charge is -2.27. The summed E-state index contributed by atoms with van der Waals surface area (Å²) in [5, 5.41) is 14.2. The molecule has 2 rings (SSSR count). The van der Waals surface area contributed by atoms with Gasteiger partial charge in [-0.05, 0) is 12.8 Å². The molecule has 5 nitrogen and oxygen atoms in total. The topological polar surface area (TPSA) is 63.7 Å². The van der Waals surface area contributed by atoms with E-state index in [1.807, 2.05) is 0 Å². The molecule has 0 unspecified atom stereocenters. The highest BCUT2D eigenvalue weighted by molar-refractivity contribution is 4.99. The van der Waals surface area contributed by atoms with Crippen molar-refractivity contribution in [2.75, 3.05) is 7.11 Å². The van der Waals surface area contributed by atoms with Crippen molar-refractivity contribution in [2.45, 2.75) is 44.1 Å². The fourth-order valence-electron chi connectivity index (χ4n) is 2.17. The molecule has 0 spiro atoms. The minimum Gasteiger partial charge on any atom is -0.370 e. The first-order chi connectivity index (χ1) is 6.87. The summed E-state index contributed by atoms with van der Waals surface area (Å²) in [7, 11) is 1.74. The molecule has 1 saturated carbocycles. The fourth-order valence-corrected chi connectivity index (χ4v) is 2.17. The lowest BCUT2D eigenvalue weighted by Crippen LogP contribution is -2.29. The van der Waals surface area contributed by atoms with E-state index >= 15 is 0 Å². The minimum absolute atomic E-state index is 0.288. The van der Waals surface area contributed by atoms with Crippen molar-refractivity contribution in [1.82, 2.24) is 20.6 Å². The van der Waals surface area contributed by atoms with Gasteiger partial charge in [0.05, 0.1) is 0 Å². The van der Waals surface area contributed by atoms with Gasteiger partial charge in [0.1, 0.15) is 5.60 Å². The monoisotopic (exact) mass is 196 g/mol. The summed E-state index contributed by atoms with van der Waals surface area (Å²) >= 11 is 0. The van der Waals surface area contributed by atoms with Gasteiger partial charge in [-0.15, -0.1) is 10.2 Å². The molecule has 0 aromatic carbocycles. The van der Waals surface area contributed by atoms with Gasteiger partial charge in [0.25, 0.3) is 0 Å². The zero-order chi connectivity index (χ0) is 9.86. The second kappa shape index (κ2) is 4.04. The van der Waals surface area contributed by atoms with Crippen LogP contribution in [0.4, 0.5) is 0 Å². The number of aromatic nitrogens is 4. The van der Waals surface area contributed by atoms with E-state index in [1.165, 1.54) is 25.7 Å². The predicted molar refractivity (Wildman–Crippen MR) is 50.6 cm³/mol. The summed E-state index contributed by atoms with van der Waals surface area (Å²) in [6.07, 6.45) is 6.93. The SMILES string of the molecule is COC1(c2nn[nH]n2)CCCCCC1. The molecular formula is C9H16N4O. The molecule has 0 radical (unpaired) electrons. The Morgan fingerprint density at radius 3 is 2.43 bits per heavy atom. The van der Waals surface area contributed by atoms with Gasteiger partial charge in [0.2, 0.25) is 5.82 Å². The number of nitrogens with zero attached hydrogens (tertiary/aromatic N) is 3. The summed E-state index contributed by atoms with van der Waals surface area (Å²) < 4.78 is 5.62. The van der Waals surface area contributed by atoms with Gasteiger partial charge in [-0.3, -0.25) is 0 Å². The molecule has 0 atom stereocenters. The second-order valence-corrected chi connectivity index (χ2v) is 3.85. The highest BCUT2D eigenvalue weighted by atomic mass is 16.5. The molecule has 0 saturated heterocycles. The molecule has 1 heterocycles. The normalized spacial score (nSPS) is 21.8. The van der Waals surface area contributed by atoms with Gasteiger partial charge in [0.15, 0.2) is 0 Å². The first-order valence-electron chi connectivity index (χ1n) is 5.16. The van der Waals surface area contributed by atoms with Crippen LogP contribution in [-0.4, -0.2) is 27.7 Å². The van der Waals surface area contributed by atoms with Gasteiger partial charge in [0, 0.05) is 7.11 Å². The molecule has 14 heavy (non-hydrogen) atoms. The standard InChI is InChI=1S/C9H16N4O/c1-14-9(8-10-12-13-11-8)6-4-2-3-5-7-9/h2-7H2,1H3,(H,10,11,12,13). The van der Waals surface area contributed by atoms with Crippen molar-refractivity contribution in [3.63, 3.8) is 0 Å². The molecule has 1 aliphatic rings. The van der Waals surface area contributed by atoms with Crippen LogP contribution in [0, 0.1) is 0 Å². The van der Waals surface area contributed by atoms with Crippen molar-refractivity contribution < 1.29 is 4.74 Å². The summed E-state index contributed by atoms with van der Waals surface area (Å²) in [5.41, 5.74) is -0.288. The Balaban J connectivity index is 2.23. The molecule has 5 heteroatoms. The van der Waals surface area contributed by atoms with Crippen LogP contribution in [0.15, 0.2) is 0 Å². The predicted octanol–water partition coefficient (Wildman–Crippen LogP) is 1.40. The number of tetrazole rings is 1. The van der Waals surface area contributed by atoms with E-state index in [0.29, 0.717) is 5.82 Å². The van der Waals surface area contributed by atoms with Crippen LogP contribution >= 0.6 is 0 Å². The largest absolute Gasteiger partial charge is 0.370 e. The zero-order valence-electron chi connectivity index (χ0n) is 8.49. The van der Waals surface area contributed by atoms with Gasteiger partial charge < -0.3 is 4.74 Å². The van der Waals surface area contributed by atoms with Crippen molar-refractivity contribution in [3.8, 4) is 0 Å². The van der Waals surface area contributed by atoms with Crippen LogP contribution in [0.1, 0.15) is 44.3 Å². The number of methoxy groups -OCH3 is 1. The first-order valence-corrected chi connectivity index (χ1v) is 5.16. The quantitative estimate of drug-likeness (QED) is 0.726. The average Bonchev–Trinajstić information content (AvgIpc) is 2.64. The second-order valence-electron chi connectivity index (χ2n) is 3.85. The number of hydrogen-bond acceptors (Lipinski definition) is 4. The third-order valence-corrected chi connectivity index (χ3v) is 3.05. The molecule has 1 aromatic rings. The van der Waals surface area contributed by atoms with E-state index in [-0.39, 0.29) is 5.60 Å². The lowest BCUT2D eigenvalue weighted by molar-refractivity contribution is -0.0351. The van der Waals surface area contributed by atoms with Gasteiger partial charge in [-0.25, -0.2) is 0 Å². The molecule has 1 N–H and O–H groups in total. The van der Waals surface area contributed by atoms with E-state index in [1.54, 1.807) is 7.11 Å². The van der Waals surface area contributed by atoms with E-state index < -0.39 is 0 Å². The summed E-state index contributed by atoms with van der Waals surface area (Å²) in [6.45, 7) is 0. The highest BCUT2D eigenvalue weighted by Crippen LogP contribution is 2.36. The Kier molecular flexibility index (Phi) is 2.77. The molecular weight excluding hydrogens is 180 g/mol. The highest BCUT2D eigenvalue weighted by Gasteiger charge is 2.36. The number of nitrogens with one attached hydrogen (secondary N) is 1. The fraction of sp³-hybridized carbons (Fsp3) is 0.889. The van der Waals surface area contributed by atoms with E-state index in [0.717, 1.165) is 12.8 Å². The lowest BCUT2D eigenvalue weighted by atomic mass is 9.93. The van der Waals surface area contributed by atoms with Crippen LogP contribution in [-0.2, 0) is 10.3 Å². The maximum Gasteiger partial charge on any atom is 0.206 e. The van der Waals surface area contributed by atoms with Gasteiger partial charge in [-0.1, -0.05) is 30.9 Å². The number of rotatable bonds is 2. The molecule has 1 aliphatic carbocycles. The summed E-state index contributed by atoms with van der Waals surface area (Å²) in [5.74, 6) is 0.710. The Morgan fingerprint density at radius 2 is 1.93 bits per heavy atom. The van der Waals surface area contributed by atoms with Crippen LogP contribution in [0.5, 0.6) is 0 Å². The third-order valence-electron chi connectivity index (χ3n) is 3.05. The number of ether oxygens (including phenoxy) is 1. The van der Waals surface area contributed by atoms with Gasteiger partial charge >= 0.3 is 0 Å². The minimum atomic E-state index is -0.288. The Bertz CT molecular complexity index is 264. The Morgan fingerprint density at radius 1 is 1.21 bits per heavy atom. The van der Waals surface area contributed by atoms with Crippen LogP contribution in [0.3, 0.4) is 0 Å². The zero-order valence-corrected chi connectivity index (χ0v) is 8.49. The summed E-state index contributed by atoms with van der Waals surface area (Å²) in [4.78, 5) is 0. The molecule has 0 bridgehead atoms. The molecule has 0 amide bonds. The third kappa shape index (κ3) is 1.64. The number of aromatic amines is 1. The van der Waals surface area contributed by atoms with Crippen molar-refractivity contribution in [3.05, 3.63) is 5.82 Å². The maximum absolute atomic E-state index is 5.62. The van der Waals surface area contributed by atoms with Crippen molar-refractivity contribution in [1.29, 1.82) is 0 Å². The van der Waals surface area contributed by atoms with Crippen LogP contribution < -0.4 is 0 Å². The molecule has 78 valence electrons. The first kappa shape index (κ1) is 9.58. The number of H-pyrrole nitrogens is 1. The summed E-state index contributed by atoms with van der Waals surface area (Å²) in [6, 6.07) is 0. The van der Waals surface area contributed by atoms with Crippen LogP contribution in [0.25, 0.3) is 0 Å². The molecule has 1 fully saturated rings. The van der Waals surface area contributed by atoms with E-state index in [2.05, 4.69) is 20.6 Å². The number of hydrogen-bond donors (Lipinski definition) is 1. The van der Waals surface area contributed by atoms with Crippen molar-refractivity contribution in [2.24, 2.45) is 0 Å². The van der Waals surface area contributed by atoms with E-state index in [4.69, 9.17) is 4.74 Å². The molecule has 0 aliphatic heterocycles. The average molecular weight is 196 g/mol. The van der Waals surface area contributed by atoms with Gasteiger partial charge in [-0.2, -0.15) is 5.21 Å². The smallest absolute Gasteiger partial charge is 0.206 e. The maximum atomic E-state index is 5.62. The van der Waals surface area contributed by atoms with Crippen molar-refractivity contribution >= 4 is 0 Å². The van der Waals surface area contributed by atoms with E-state index in [9.17, 15) is 0 Å². The van der Waals surface area contributed by atoms with Crippen LogP contribution in [0.2, 0.25) is 0 Å².